The van der Waals surface area contributed by atoms with Crippen molar-refractivity contribution in [2.45, 2.75) is 12.5 Å². The van der Waals surface area contributed by atoms with Crippen LogP contribution >= 0.6 is 23.2 Å². The molecule has 1 atom stereocenters. The minimum atomic E-state index is -1.44. The first-order valence-electron chi connectivity index (χ1n) is 5.30. The summed E-state index contributed by atoms with van der Waals surface area (Å²) in [5, 5.41) is 9.70. The van der Waals surface area contributed by atoms with Gasteiger partial charge in [-0.2, -0.15) is 0 Å². The summed E-state index contributed by atoms with van der Waals surface area (Å²) in [6.45, 7) is -0.205. The van der Waals surface area contributed by atoms with Crippen molar-refractivity contribution in [3.05, 3.63) is 33.8 Å². The molecule has 0 fully saturated rings. The Bertz CT molecular complexity index is 482. The fourth-order valence-corrected chi connectivity index (χ4v) is 2.02. The summed E-state index contributed by atoms with van der Waals surface area (Å²) in [6.07, 6.45) is -1.14. The number of benzene rings is 1. The lowest BCUT2D eigenvalue weighted by atomic mass is 10.1. The van der Waals surface area contributed by atoms with E-state index < -0.39 is 18.2 Å². The third-order valence-corrected chi connectivity index (χ3v) is 3.00. The molecule has 1 aromatic rings. The maximum absolute atomic E-state index is 10.9. The maximum atomic E-state index is 10.9. The fourth-order valence-electron chi connectivity index (χ4n) is 1.53. The van der Waals surface area contributed by atoms with Crippen molar-refractivity contribution in [3.8, 4) is 0 Å². The third kappa shape index (κ3) is 4.59. The van der Waals surface area contributed by atoms with Gasteiger partial charge in [0, 0.05) is 22.6 Å². The first kappa shape index (κ1) is 15.6. The van der Waals surface area contributed by atoms with E-state index in [1.54, 1.807) is 18.2 Å². The smallest absolute Gasteiger partial charge is 0.415 e. The summed E-state index contributed by atoms with van der Waals surface area (Å²) in [5.41, 5.74) is 11.4. The Kier molecular flexibility index (Phi) is 5.41. The molecular weight excluding hydrogens is 293 g/mol. The molecule has 5 N–H and O–H groups in total. The van der Waals surface area contributed by atoms with Gasteiger partial charge in [-0.3, -0.25) is 0 Å². The minimum Gasteiger partial charge on any atom is -0.465 e. The van der Waals surface area contributed by atoms with Crippen LogP contribution in [0.2, 0.25) is 10.0 Å². The van der Waals surface area contributed by atoms with Crippen LogP contribution in [0.5, 0.6) is 0 Å². The van der Waals surface area contributed by atoms with Crippen LogP contribution in [-0.4, -0.2) is 34.7 Å². The number of rotatable bonds is 4. The van der Waals surface area contributed by atoms with Crippen molar-refractivity contribution in [3.63, 3.8) is 0 Å². The van der Waals surface area contributed by atoms with E-state index in [9.17, 15) is 9.59 Å². The highest BCUT2D eigenvalue weighted by molar-refractivity contribution is 6.35. The van der Waals surface area contributed by atoms with Gasteiger partial charge in [0.05, 0.1) is 0 Å². The highest BCUT2D eigenvalue weighted by Crippen LogP contribution is 2.22. The van der Waals surface area contributed by atoms with E-state index in [0.29, 0.717) is 26.9 Å². The molecule has 0 unspecified atom stereocenters. The molecule has 19 heavy (non-hydrogen) atoms. The van der Waals surface area contributed by atoms with Crippen molar-refractivity contribution in [1.82, 2.24) is 4.90 Å². The Morgan fingerprint density at radius 3 is 2.47 bits per heavy atom. The largest absolute Gasteiger partial charge is 0.465 e. The molecule has 0 aliphatic carbocycles. The summed E-state index contributed by atoms with van der Waals surface area (Å²) in [4.78, 5) is 22.1. The van der Waals surface area contributed by atoms with Gasteiger partial charge in [0.25, 0.3) is 0 Å². The second kappa shape index (κ2) is 6.60. The van der Waals surface area contributed by atoms with E-state index in [1.807, 2.05) is 0 Å². The van der Waals surface area contributed by atoms with Crippen LogP contribution in [0.3, 0.4) is 0 Å². The Labute approximate surface area is 119 Å². The van der Waals surface area contributed by atoms with Crippen molar-refractivity contribution in [2.75, 3.05) is 6.54 Å². The molecule has 0 saturated carbocycles. The summed E-state index contributed by atoms with van der Waals surface area (Å²) < 4.78 is 0. The van der Waals surface area contributed by atoms with Crippen molar-refractivity contribution in [1.29, 1.82) is 0 Å². The number of amides is 3. The summed E-state index contributed by atoms with van der Waals surface area (Å²) in [6, 6.07) is 3.24. The molecule has 8 heteroatoms. The average Bonchev–Trinajstić information content (AvgIpc) is 2.29. The van der Waals surface area contributed by atoms with Crippen LogP contribution in [0.1, 0.15) is 5.56 Å². The van der Waals surface area contributed by atoms with Gasteiger partial charge in [-0.15, -0.1) is 0 Å². The molecular formula is C11H13Cl2N3O3. The molecule has 0 bridgehead atoms. The number of halogens is 2. The lowest BCUT2D eigenvalue weighted by Crippen LogP contribution is -2.47. The summed E-state index contributed by atoms with van der Waals surface area (Å²) in [5.74, 6) is 0. The zero-order valence-corrected chi connectivity index (χ0v) is 11.4. The monoisotopic (exact) mass is 305 g/mol. The second-order valence-electron chi connectivity index (χ2n) is 3.93. The van der Waals surface area contributed by atoms with E-state index in [-0.39, 0.29) is 6.54 Å². The van der Waals surface area contributed by atoms with Gasteiger partial charge in [0.1, 0.15) is 0 Å². The van der Waals surface area contributed by atoms with Gasteiger partial charge in [0.2, 0.25) is 0 Å². The molecule has 3 amide bonds. The number of nitrogens with two attached hydrogens (primary N) is 2. The molecule has 104 valence electrons. The molecule has 0 heterocycles. The Morgan fingerprint density at radius 1 is 1.37 bits per heavy atom. The quantitative estimate of drug-likeness (QED) is 0.789. The first-order chi connectivity index (χ1) is 8.81. The Morgan fingerprint density at radius 2 is 2.00 bits per heavy atom. The van der Waals surface area contributed by atoms with Crippen molar-refractivity contribution >= 4 is 35.3 Å². The van der Waals surface area contributed by atoms with Crippen LogP contribution in [0.4, 0.5) is 9.59 Å². The molecule has 0 saturated heterocycles. The SMILES string of the molecule is NC(=O)N(C[C@H](N)Cc1ccc(Cl)cc1Cl)C(=O)O. The topological polar surface area (TPSA) is 110 Å². The molecule has 0 aliphatic heterocycles. The maximum Gasteiger partial charge on any atom is 0.415 e. The number of carbonyl (C=O) groups is 2. The molecule has 0 aliphatic rings. The van der Waals surface area contributed by atoms with Gasteiger partial charge in [0.15, 0.2) is 0 Å². The summed E-state index contributed by atoms with van der Waals surface area (Å²) in [7, 11) is 0. The number of primary amides is 1. The highest BCUT2D eigenvalue weighted by Gasteiger charge is 2.21. The van der Waals surface area contributed by atoms with Gasteiger partial charge < -0.3 is 16.6 Å². The van der Waals surface area contributed by atoms with Crippen molar-refractivity contribution < 1.29 is 14.7 Å². The number of carbonyl (C=O) groups excluding carboxylic acids is 1. The standard InChI is InChI=1S/C11H13Cl2N3O3/c12-7-2-1-6(9(13)4-7)3-8(14)5-16(10(15)17)11(18)19/h1-2,4,8H,3,5,14H2,(H2,15,17)(H,18,19)/t8-/m1/s1. The third-order valence-electron chi connectivity index (χ3n) is 2.41. The molecule has 6 nitrogen and oxygen atoms in total. The number of urea groups is 1. The molecule has 1 rings (SSSR count). The van der Waals surface area contributed by atoms with Crippen LogP contribution in [0.25, 0.3) is 0 Å². The lowest BCUT2D eigenvalue weighted by Gasteiger charge is -2.19. The molecule has 0 aromatic heterocycles. The highest BCUT2D eigenvalue weighted by atomic mass is 35.5. The van der Waals surface area contributed by atoms with Gasteiger partial charge in [-0.05, 0) is 24.1 Å². The molecule has 0 radical (unpaired) electrons. The van der Waals surface area contributed by atoms with Crippen LogP contribution < -0.4 is 11.5 Å². The number of nitrogens with zero attached hydrogens (tertiary/aromatic N) is 1. The Balaban J connectivity index is 2.71. The first-order valence-corrected chi connectivity index (χ1v) is 6.06. The number of carboxylic acid groups (broad SMARTS) is 1. The second-order valence-corrected chi connectivity index (χ2v) is 4.77. The van der Waals surface area contributed by atoms with Gasteiger partial charge in [-0.25, -0.2) is 14.5 Å². The van der Waals surface area contributed by atoms with Crippen molar-refractivity contribution in [2.24, 2.45) is 11.5 Å². The predicted molar refractivity (Wildman–Crippen MR) is 72.5 cm³/mol. The van der Waals surface area contributed by atoms with Gasteiger partial charge >= 0.3 is 12.1 Å². The van der Waals surface area contributed by atoms with Crippen LogP contribution in [-0.2, 0) is 6.42 Å². The van der Waals surface area contributed by atoms with E-state index in [1.165, 1.54) is 0 Å². The number of hydrogen-bond donors (Lipinski definition) is 3. The molecule has 1 aromatic carbocycles. The summed E-state index contributed by atoms with van der Waals surface area (Å²) >= 11 is 11.7. The Hall–Kier alpha value is -1.50. The van der Waals surface area contributed by atoms with E-state index in [4.69, 9.17) is 39.8 Å². The van der Waals surface area contributed by atoms with Crippen LogP contribution in [0, 0.1) is 0 Å². The van der Waals surface area contributed by atoms with E-state index in [0.717, 1.165) is 0 Å². The lowest BCUT2D eigenvalue weighted by molar-refractivity contribution is 0.149. The predicted octanol–water partition coefficient (Wildman–Crippen LogP) is 1.92. The minimum absolute atomic E-state index is 0.205. The normalized spacial score (nSPS) is 11.9. The number of imide groups is 1. The fraction of sp³-hybridized carbons (Fsp3) is 0.273. The van der Waals surface area contributed by atoms with Gasteiger partial charge in [-0.1, -0.05) is 29.3 Å². The van der Waals surface area contributed by atoms with E-state index in [2.05, 4.69) is 0 Å². The number of hydrogen-bond acceptors (Lipinski definition) is 3. The van der Waals surface area contributed by atoms with Crippen LogP contribution in [0.15, 0.2) is 18.2 Å². The average molecular weight is 306 g/mol. The zero-order chi connectivity index (χ0) is 14.6. The molecule has 0 spiro atoms. The zero-order valence-electron chi connectivity index (χ0n) is 9.85. The van der Waals surface area contributed by atoms with E-state index >= 15 is 0 Å².